The molecule has 0 bridgehead atoms. The van der Waals surface area contributed by atoms with E-state index < -0.39 is 0 Å². The fraction of sp³-hybridized carbons (Fsp3) is 0.429. The van der Waals surface area contributed by atoms with Gasteiger partial charge in [-0.2, -0.15) is 0 Å². The van der Waals surface area contributed by atoms with Gasteiger partial charge in [0.2, 0.25) is 0 Å². The lowest BCUT2D eigenvalue weighted by Gasteiger charge is -2.18. The van der Waals surface area contributed by atoms with E-state index >= 15 is 0 Å². The van der Waals surface area contributed by atoms with Crippen LogP contribution in [0.3, 0.4) is 0 Å². The van der Waals surface area contributed by atoms with Crippen LogP contribution in [0, 0.1) is 0 Å². The fourth-order valence-corrected chi connectivity index (χ4v) is 2.59. The second kappa shape index (κ2) is 10.1. The smallest absolute Gasteiger partial charge is 0.119 e. The van der Waals surface area contributed by atoms with E-state index in [-0.39, 0.29) is 6.10 Å². The Hall–Kier alpha value is -1.80. The van der Waals surface area contributed by atoms with Gasteiger partial charge in [-0.3, -0.25) is 0 Å². The van der Waals surface area contributed by atoms with Gasteiger partial charge in [0.25, 0.3) is 0 Å². The molecule has 1 atom stereocenters. The standard InChI is InChI=1S/C21H28O2/c1-3-9-18-13-8-14-20(15-18)23-17-21(10-4-2)22-16-19-11-6-5-7-12-19/h5-8,11-15,21H,3-4,9-10,16-17H2,1-2H3. The lowest BCUT2D eigenvalue weighted by molar-refractivity contribution is 0.00421. The predicted octanol–water partition coefficient (Wildman–Crippen LogP) is 5.40. The second-order valence-corrected chi connectivity index (χ2v) is 5.92. The first-order chi connectivity index (χ1) is 11.3. The molecule has 2 aromatic carbocycles. The van der Waals surface area contributed by atoms with Crippen LogP contribution in [0.4, 0.5) is 0 Å². The zero-order chi connectivity index (χ0) is 16.3. The summed E-state index contributed by atoms with van der Waals surface area (Å²) in [6.07, 6.45) is 4.50. The summed E-state index contributed by atoms with van der Waals surface area (Å²) in [6, 6.07) is 18.7. The van der Waals surface area contributed by atoms with Gasteiger partial charge in [-0.1, -0.05) is 69.2 Å². The van der Waals surface area contributed by atoms with Crippen molar-refractivity contribution in [1.82, 2.24) is 0 Å². The number of ether oxygens (including phenoxy) is 2. The first kappa shape index (κ1) is 17.6. The molecule has 0 saturated carbocycles. The molecular formula is C21H28O2. The van der Waals surface area contributed by atoms with Crippen molar-refractivity contribution in [2.24, 2.45) is 0 Å². The predicted molar refractivity (Wildman–Crippen MR) is 95.9 cm³/mol. The number of benzene rings is 2. The third-order valence-corrected chi connectivity index (χ3v) is 3.81. The average molecular weight is 312 g/mol. The molecule has 0 spiro atoms. The Morgan fingerprint density at radius 3 is 2.39 bits per heavy atom. The van der Waals surface area contributed by atoms with E-state index in [0.717, 1.165) is 31.4 Å². The lowest BCUT2D eigenvalue weighted by Crippen LogP contribution is -2.21. The largest absolute Gasteiger partial charge is 0.491 e. The first-order valence-corrected chi connectivity index (χ1v) is 8.69. The number of aryl methyl sites for hydroxylation is 1. The van der Waals surface area contributed by atoms with Gasteiger partial charge >= 0.3 is 0 Å². The highest BCUT2D eigenvalue weighted by Gasteiger charge is 2.10. The van der Waals surface area contributed by atoms with E-state index in [1.807, 2.05) is 24.3 Å². The van der Waals surface area contributed by atoms with Crippen molar-refractivity contribution >= 4 is 0 Å². The summed E-state index contributed by atoms with van der Waals surface area (Å²) < 4.78 is 12.0. The van der Waals surface area contributed by atoms with Crippen molar-refractivity contribution in [2.75, 3.05) is 6.61 Å². The zero-order valence-electron chi connectivity index (χ0n) is 14.3. The third kappa shape index (κ3) is 6.45. The van der Waals surface area contributed by atoms with Crippen molar-refractivity contribution < 1.29 is 9.47 Å². The molecule has 0 N–H and O–H groups in total. The van der Waals surface area contributed by atoms with Gasteiger partial charge in [0.15, 0.2) is 0 Å². The van der Waals surface area contributed by atoms with Crippen LogP contribution in [0.15, 0.2) is 54.6 Å². The number of hydrogen-bond acceptors (Lipinski definition) is 2. The molecule has 2 aromatic rings. The summed E-state index contributed by atoms with van der Waals surface area (Å²) in [7, 11) is 0. The van der Waals surface area contributed by atoms with Gasteiger partial charge in [-0.25, -0.2) is 0 Å². The van der Waals surface area contributed by atoms with Crippen LogP contribution < -0.4 is 4.74 Å². The Morgan fingerprint density at radius 1 is 0.870 bits per heavy atom. The van der Waals surface area contributed by atoms with Crippen molar-refractivity contribution in [3.8, 4) is 5.75 Å². The highest BCUT2D eigenvalue weighted by Crippen LogP contribution is 2.16. The quantitative estimate of drug-likeness (QED) is 0.584. The maximum atomic E-state index is 6.04. The Balaban J connectivity index is 1.85. The molecule has 0 aliphatic carbocycles. The van der Waals surface area contributed by atoms with E-state index in [9.17, 15) is 0 Å². The van der Waals surface area contributed by atoms with Gasteiger partial charge in [-0.15, -0.1) is 0 Å². The fourth-order valence-electron chi connectivity index (χ4n) is 2.59. The summed E-state index contributed by atoms with van der Waals surface area (Å²) in [6.45, 7) is 5.63. The first-order valence-electron chi connectivity index (χ1n) is 8.69. The Bertz CT molecular complexity index is 551. The number of hydrogen-bond donors (Lipinski definition) is 0. The van der Waals surface area contributed by atoms with Gasteiger partial charge in [0.05, 0.1) is 12.7 Å². The average Bonchev–Trinajstić information content (AvgIpc) is 2.59. The van der Waals surface area contributed by atoms with E-state index in [1.54, 1.807) is 0 Å². The molecule has 2 nitrogen and oxygen atoms in total. The highest BCUT2D eigenvalue weighted by atomic mass is 16.5. The summed E-state index contributed by atoms with van der Waals surface area (Å²) in [5.41, 5.74) is 2.54. The summed E-state index contributed by atoms with van der Waals surface area (Å²) >= 11 is 0. The highest BCUT2D eigenvalue weighted by molar-refractivity contribution is 5.28. The molecule has 0 radical (unpaired) electrons. The summed E-state index contributed by atoms with van der Waals surface area (Å²) in [5.74, 6) is 0.945. The Kier molecular flexibility index (Phi) is 7.68. The normalized spacial score (nSPS) is 12.1. The summed E-state index contributed by atoms with van der Waals surface area (Å²) in [5, 5.41) is 0. The minimum absolute atomic E-state index is 0.134. The van der Waals surface area contributed by atoms with Crippen molar-refractivity contribution in [3.63, 3.8) is 0 Å². The summed E-state index contributed by atoms with van der Waals surface area (Å²) in [4.78, 5) is 0. The van der Waals surface area contributed by atoms with Crippen LogP contribution >= 0.6 is 0 Å². The molecule has 124 valence electrons. The van der Waals surface area contributed by atoms with Crippen molar-refractivity contribution in [3.05, 3.63) is 65.7 Å². The molecule has 2 heteroatoms. The Labute approximate surface area is 140 Å². The van der Waals surface area contributed by atoms with Crippen LogP contribution in [0.1, 0.15) is 44.2 Å². The minimum atomic E-state index is 0.134. The topological polar surface area (TPSA) is 18.5 Å². The van der Waals surface area contributed by atoms with Crippen LogP contribution in [-0.2, 0) is 17.8 Å². The van der Waals surface area contributed by atoms with E-state index in [2.05, 4.69) is 44.2 Å². The molecule has 0 aliphatic heterocycles. The molecule has 23 heavy (non-hydrogen) atoms. The van der Waals surface area contributed by atoms with Crippen LogP contribution in [0.2, 0.25) is 0 Å². The van der Waals surface area contributed by atoms with Crippen LogP contribution in [0.5, 0.6) is 5.75 Å². The van der Waals surface area contributed by atoms with Crippen LogP contribution in [0.25, 0.3) is 0 Å². The van der Waals surface area contributed by atoms with Gasteiger partial charge in [-0.05, 0) is 36.1 Å². The molecule has 1 unspecified atom stereocenters. The molecule has 2 rings (SSSR count). The van der Waals surface area contributed by atoms with Crippen molar-refractivity contribution in [2.45, 2.75) is 52.2 Å². The maximum Gasteiger partial charge on any atom is 0.119 e. The molecule has 0 fully saturated rings. The van der Waals surface area contributed by atoms with E-state index in [1.165, 1.54) is 11.1 Å². The number of rotatable bonds is 10. The van der Waals surface area contributed by atoms with Crippen LogP contribution in [-0.4, -0.2) is 12.7 Å². The zero-order valence-corrected chi connectivity index (χ0v) is 14.3. The molecule has 0 amide bonds. The molecular weight excluding hydrogens is 284 g/mol. The molecule has 0 aromatic heterocycles. The van der Waals surface area contributed by atoms with Gasteiger partial charge in [0.1, 0.15) is 12.4 Å². The molecule has 0 saturated heterocycles. The monoisotopic (exact) mass is 312 g/mol. The SMILES string of the molecule is CCCc1cccc(OCC(CCC)OCc2ccccc2)c1. The third-order valence-electron chi connectivity index (χ3n) is 3.81. The molecule has 0 aliphatic rings. The Morgan fingerprint density at radius 2 is 1.65 bits per heavy atom. The maximum absolute atomic E-state index is 6.04. The van der Waals surface area contributed by atoms with E-state index in [0.29, 0.717) is 13.2 Å². The minimum Gasteiger partial charge on any atom is -0.491 e. The van der Waals surface area contributed by atoms with Gasteiger partial charge < -0.3 is 9.47 Å². The van der Waals surface area contributed by atoms with E-state index in [4.69, 9.17) is 9.47 Å². The molecule has 0 heterocycles. The second-order valence-electron chi connectivity index (χ2n) is 5.92. The van der Waals surface area contributed by atoms with Gasteiger partial charge in [0, 0.05) is 0 Å². The lowest BCUT2D eigenvalue weighted by atomic mass is 10.1. The van der Waals surface area contributed by atoms with Crippen molar-refractivity contribution in [1.29, 1.82) is 0 Å².